The minimum atomic E-state index is -0.550. The maximum Gasteiger partial charge on any atom is 0.287 e. The Labute approximate surface area is 441 Å². The summed E-state index contributed by atoms with van der Waals surface area (Å²) in [5, 5.41) is 48.8. The summed E-state index contributed by atoms with van der Waals surface area (Å²) in [6.07, 6.45) is 5.75. The Morgan fingerprint density at radius 1 is 0.870 bits per heavy atom. The number of nitrogens with two attached hydrogens (primary N) is 3. The SMILES string of the molecule is Cc1ccc(-c2nc3c(s2)C(O)CCC3)c(N)c1.Cc1ccc(C#N)c(N)c1.Cc1ccc(C#N)c([N+](=O)[O-])c1.Cc1ccc(C(N)=S)c([N+](=O)[O-])c1.O=C1CCCC2OC12.S=PP=S=S=S=S.[Fe]. The van der Waals surface area contributed by atoms with Crippen LogP contribution in [0.15, 0.2) is 72.8 Å². The number of nitriles is 2. The number of ether oxygens (including phenoxy) is 1. The van der Waals surface area contributed by atoms with E-state index in [2.05, 4.69) is 40.2 Å². The van der Waals surface area contributed by atoms with Gasteiger partial charge in [-0.1, -0.05) is 36.5 Å². The fourth-order valence-corrected chi connectivity index (χ4v) is 17.3. The topological polar surface area (TPSA) is 275 Å². The number of aryl methyl sites for hydroxylation is 5. The molecule has 2 heterocycles. The molecule has 5 aromatic rings. The normalized spacial score (nSPS) is 15.5. The maximum atomic E-state index is 10.7. The average molecular weight is 1140 g/mol. The van der Waals surface area contributed by atoms with Gasteiger partial charge in [0.25, 0.3) is 11.4 Å². The number of benzene rings is 4. The van der Waals surface area contributed by atoms with Gasteiger partial charge in [0.15, 0.2) is 5.78 Å². The molecule has 0 spiro atoms. The van der Waals surface area contributed by atoms with Crippen LogP contribution in [0.25, 0.3) is 10.6 Å². The van der Waals surface area contributed by atoms with Gasteiger partial charge in [0.1, 0.15) is 33.8 Å². The number of aliphatic hydroxyl groups is 1. The minimum absolute atomic E-state index is 0. The number of nitrogens with zero attached hydrogens (tertiary/aromatic N) is 5. The summed E-state index contributed by atoms with van der Waals surface area (Å²) < 4.78 is 5.04. The standard InChI is InChI=1S/C14H16N2OS.C8H8N2O2S.C8H6N2O2.C8H8N2.C6H8O2.Fe.P2S5/c1-8-5-6-9(10(15)7-8)14-16-11-3-2-4-12(17)13(11)18-14;1-5-2-3-6(8(9)13)7(4-5)10(11)12;1-6-2-3-7(5-9)8(4-6)10(11)12;1-6-2-3-7(5-9)8(10)4-6;7-4-2-1-3-5-6(4)8-5;;3-1-2-5-7-6-4/h5-7,12,17H,2-4,15H2,1H3;2-4H,1H3,(H2,9,13);2-4H,1H3;2-4H,10H2,1H3;5-6H,1-3H2;;. The van der Waals surface area contributed by atoms with Crippen LogP contribution in [0, 0.1) is 70.6 Å². The molecule has 69 heavy (non-hydrogen) atoms. The van der Waals surface area contributed by atoms with E-state index in [-0.39, 0.29) is 51.2 Å². The molecular formula is C44H46FeN8O7P2S7. The van der Waals surface area contributed by atoms with Gasteiger partial charge in [0.05, 0.1) is 43.8 Å². The second kappa shape index (κ2) is 31.0. The van der Waals surface area contributed by atoms with Crippen molar-refractivity contribution in [3.8, 4) is 22.7 Å². The number of aliphatic hydroxyl groups excluding tert-OH is 1. The number of ketones is 1. The van der Waals surface area contributed by atoms with Gasteiger partial charge < -0.3 is 27.0 Å². The molecule has 25 heteroatoms. The number of anilines is 2. The number of fused-ring (bicyclic) bond motifs is 2. The summed E-state index contributed by atoms with van der Waals surface area (Å²) in [7, 11) is 6.83. The van der Waals surface area contributed by atoms with E-state index in [1.807, 2.05) is 44.2 Å². The van der Waals surface area contributed by atoms with Crippen LogP contribution in [0.5, 0.6) is 0 Å². The van der Waals surface area contributed by atoms with Gasteiger partial charge in [0, 0.05) is 66.6 Å². The minimum Gasteiger partial charge on any atom is -0.398 e. The summed E-state index contributed by atoms with van der Waals surface area (Å²) in [6, 6.07) is 24.4. The van der Waals surface area contributed by atoms with Crippen LogP contribution >= 0.6 is 37.6 Å². The molecule has 8 rings (SSSR count). The zero-order chi connectivity index (χ0) is 50.5. The molecule has 3 atom stereocenters. The van der Waals surface area contributed by atoms with Crippen molar-refractivity contribution in [2.24, 2.45) is 5.73 Å². The molecule has 1 saturated heterocycles. The number of nitro groups is 2. The van der Waals surface area contributed by atoms with Crippen molar-refractivity contribution in [1.82, 2.24) is 4.98 Å². The number of nitro benzene ring substituents is 2. The Balaban J connectivity index is 0.000000291. The van der Waals surface area contributed by atoms with Crippen molar-refractivity contribution in [2.75, 3.05) is 11.5 Å². The van der Waals surface area contributed by atoms with E-state index < -0.39 is 9.85 Å². The van der Waals surface area contributed by atoms with Crippen molar-refractivity contribution in [1.29, 1.82) is 10.5 Å². The number of Topliss-reactive ketones (excluding diaryl/α,β-unsaturated/α-hetero) is 1. The van der Waals surface area contributed by atoms with E-state index >= 15 is 0 Å². The zero-order valence-corrected chi connectivity index (χ0v) is 46.0. The number of thiazole rings is 1. The molecule has 0 bridgehead atoms. The van der Waals surface area contributed by atoms with Crippen molar-refractivity contribution in [3.05, 3.63) is 143 Å². The number of hydrogen-bond acceptors (Lipinski definition) is 16. The molecule has 0 radical (unpaired) electrons. The van der Waals surface area contributed by atoms with Crippen LogP contribution in [-0.2, 0) is 83.3 Å². The van der Waals surface area contributed by atoms with Gasteiger partial charge in [-0.25, -0.2) is 4.98 Å². The monoisotopic (exact) mass is 1140 g/mol. The first-order valence-corrected chi connectivity index (χ1v) is 29.9. The van der Waals surface area contributed by atoms with Gasteiger partial charge in [-0.15, -0.1) is 11.3 Å². The van der Waals surface area contributed by atoms with Gasteiger partial charge in [0.2, 0.25) is 0 Å². The van der Waals surface area contributed by atoms with E-state index in [4.69, 9.17) is 32.5 Å². The summed E-state index contributed by atoms with van der Waals surface area (Å²) in [6.45, 7) is 7.48. The Kier molecular flexibility index (Phi) is 27.3. The van der Waals surface area contributed by atoms with E-state index in [0.29, 0.717) is 28.7 Å². The first kappa shape index (κ1) is 60.7. The van der Waals surface area contributed by atoms with Crippen LogP contribution < -0.4 is 17.2 Å². The van der Waals surface area contributed by atoms with Crippen molar-refractivity contribution >= 4 is 121 Å². The first-order valence-electron chi connectivity index (χ1n) is 20.2. The van der Waals surface area contributed by atoms with Gasteiger partial charge in [-0.3, -0.25) is 25.0 Å². The van der Waals surface area contributed by atoms with Crippen molar-refractivity contribution < 1.29 is 41.6 Å². The predicted octanol–water partition coefficient (Wildman–Crippen LogP) is 10.0. The molecule has 2 aliphatic carbocycles. The molecule has 1 aromatic heterocycles. The van der Waals surface area contributed by atoms with E-state index in [1.54, 1.807) is 80.0 Å². The molecule has 1 saturated carbocycles. The van der Waals surface area contributed by atoms with Crippen LogP contribution in [0.3, 0.4) is 0 Å². The molecule has 7 N–H and O–H groups in total. The third kappa shape index (κ3) is 20.1. The first-order chi connectivity index (χ1) is 32.3. The summed E-state index contributed by atoms with van der Waals surface area (Å²) in [4.78, 5) is 36.3. The van der Waals surface area contributed by atoms with Crippen molar-refractivity contribution in [3.63, 3.8) is 0 Å². The molecule has 0 amide bonds. The quantitative estimate of drug-likeness (QED) is 0.0242. The van der Waals surface area contributed by atoms with Crippen LogP contribution in [-0.4, -0.2) is 42.9 Å². The zero-order valence-electron chi connectivity index (χ0n) is 37.4. The largest absolute Gasteiger partial charge is 0.398 e. The van der Waals surface area contributed by atoms with Gasteiger partial charge >= 0.3 is 0 Å². The Hall–Kier alpha value is -4.41. The van der Waals surface area contributed by atoms with Crippen LogP contribution in [0.4, 0.5) is 22.7 Å². The Bertz CT molecular complexity index is 2920. The van der Waals surface area contributed by atoms with Gasteiger partial charge in [-0.05, 0) is 169 Å². The summed E-state index contributed by atoms with van der Waals surface area (Å²) in [5.74, 6) is 0.321. The van der Waals surface area contributed by atoms with Crippen molar-refractivity contribution in [2.45, 2.75) is 84.5 Å². The molecule has 15 nitrogen and oxygen atoms in total. The summed E-state index contributed by atoms with van der Waals surface area (Å²) >= 11 is 15.5. The number of nitrogen functional groups attached to an aromatic ring is 2. The molecule has 364 valence electrons. The number of carbonyl (C=O) groups is 1. The smallest absolute Gasteiger partial charge is 0.287 e. The second-order valence-corrected chi connectivity index (χ2v) is 26.1. The number of epoxide rings is 1. The van der Waals surface area contributed by atoms with Gasteiger partial charge in [-0.2, -0.15) is 10.5 Å². The molecule has 1 aliphatic heterocycles. The fraction of sp³-hybridized carbons (Fsp3) is 0.295. The van der Waals surface area contributed by atoms with Crippen LogP contribution in [0.2, 0.25) is 0 Å². The number of hydrogen-bond donors (Lipinski definition) is 4. The number of thiocarbonyl (C=S) groups is 1. The molecule has 4 aromatic carbocycles. The molecule has 3 unspecified atom stereocenters. The molecule has 2 fully saturated rings. The summed E-state index contributed by atoms with van der Waals surface area (Å²) in [5.41, 5.74) is 24.9. The predicted molar refractivity (Wildman–Crippen MR) is 289 cm³/mol. The Morgan fingerprint density at radius 2 is 1.42 bits per heavy atom. The third-order valence-electron chi connectivity index (χ3n) is 9.71. The Morgan fingerprint density at radius 3 is 1.93 bits per heavy atom. The molecular weight excluding hydrogens is 1090 g/mol. The van der Waals surface area contributed by atoms with E-state index in [1.165, 1.54) is 34.1 Å². The third-order valence-corrected chi connectivity index (χ3v) is 21.2. The second-order valence-electron chi connectivity index (χ2n) is 14.9. The maximum absolute atomic E-state index is 10.7. The van der Waals surface area contributed by atoms with E-state index in [0.717, 1.165) is 94.7 Å². The molecule has 3 aliphatic rings. The number of rotatable bonds is 5. The number of carbonyl (C=O) groups excluding carboxylic acids is 1. The average Bonchev–Trinajstić information content (AvgIpc) is 3.98. The van der Waals surface area contributed by atoms with E-state index in [9.17, 15) is 30.1 Å². The van der Waals surface area contributed by atoms with Crippen LogP contribution in [0.1, 0.15) is 87.7 Å². The number of aromatic nitrogens is 1. The fourth-order valence-electron chi connectivity index (χ4n) is 6.37.